The second-order valence-electron chi connectivity index (χ2n) is 5.54. The van der Waals surface area contributed by atoms with Crippen LogP contribution in [0.4, 0.5) is 0 Å². The average Bonchev–Trinajstić information content (AvgIpc) is 2.46. The van der Waals surface area contributed by atoms with Crippen LogP contribution < -0.4 is 16.4 Å². The fraction of sp³-hybridized carbons (Fsp3) is 0.500. The minimum absolute atomic E-state index is 0.0550. The van der Waals surface area contributed by atoms with Crippen LogP contribution in [0.1, 0.15) is 25.8 Å². The molecule has 0 bridgehead atoms. The minimum atomic E-state index is -0.592. The number of benzene rings is 1. The molecule has 1 atom stereocenters. The largest absolute Gasteiger partial charge is 0.356 e. The molecule has 0 saturated heterocycles. The van der Waals surface area contributed by atoms with Gasteiger partial charge in [-0.1, -0.05) is 44.2 Å². The van der Waals surface area contributed by atoms with Crippen molar-refractivity contribution >= 4 is 11.8 Å². The molecule has 0 spiro atoms. The van der Waals surface area contributed by atoms with Crippen LogP contribution in [0.5, 0.6) is 0 Å². The van der Waals surface area contributed by atoms with Gasteiger partial charge < -0.3 is 16.4 Å². The maximum atomic E-state index is 11.8. The number of hydrogen-bond donors (Lipinski definition) is 3. The maximum Gasteiger partial charge on any atom is 0.237 e. The third-order valence-electron chi connectivity index (χ3n) is 2.99. The Labute approximate surface area is 126 Å². The lowest BCUT2D eigenvalue weighted by molar-refractivity contribution is -0.123. The van der Waals surface area contributed by atoms with Crippen molar-refractivity contribution in [3.05, 3.63) is 35.9 Å². The Kier molecular flexibility index (Phi) is 7.46. The number of nitrogens with two attached hydrogens (primary N) is 1. The number of hydrogen-bond acceptors (Lipinski definition) is 3. The second kappa shape index (κ2) is 9.13. The van der Waals surface area contributed by atoms with E-state index >= 15 is 0 Å². The Balaban J connectivity index is 2.22. The molecule has 0 saturated carbocycles. The Morgan fingerprint density at radius 1 is 1.14 bits per heavy atom. The van der Waals surface area contributed by atoms with Crippen LogP contribution >= 0.6 is 0 Å². The Bertz CT molecular complexity index is 446. The summed E-state index contributed by atoms with van der Waals surface area (Å²) in [7, 11) is 0. The number of nitrogens with one attached hydrogen (secondary N) is 2. The van der Waals surface area contributed by atoms with Gasteiger partial charge in [-0.15, -0.1) is 0 Å². The van der Waals surface area contributed by atoms with Crippen LogP contribution in [-0.4, -0.2) is 30.9 Å². The van der Waals surface area contributed by atoms with Gasteiger partial charge in [0.15, 0.2) is 0 Å². The van der Waals surface area contributed by atoms with E-state index < -0.39 is 6.04 Å². The van der Waals surface area contributed by atoms with Gasteiger partial charge >= 0.3 is 0 Å². The van der Waals surface area contributed by atoms with Crippen LogP contribution in [0.3, 0.4) is 0 Å². The highest BCUT2D eigenvalue weighted by Crippen LogP contribution is 2.01. The van der Waals surface area contributed by atoms with Gasteiger partial charge in [-0.05, 0) is 17.9 Å². The van der Waals surface area contributed by atoms with E-state index in [9.17, 15) is 9.59 Å². The minimum Gasteiger partial charge on any atom is -0.356 e. The van der Waals surface area contributed by atoms with E-state index in [0.29, 0.717) is 25.4 Å². The smallest absolute Gasteiger partial charge is 0.237 e. The van der Waals surface area contributed by atoms with Gasteiger partial charge in [-0.2, -0.15) is 0 Å². The third-order valence-corrected chi connectivity index (χ3v) is 2.99. The van der Waals surface area contributed by atoms with Crippen molar-refractivity contribution in [2.45, 2.75) is 32.7 Å². The molecule has 21 heavy (non-hydrogen) atoms. The van der Waals surface area contributed by atoms with Crippen molar-refractivity contribution < 1.29 is 9.59 Å². The first-order chi connectivity index (χ1) is 9.99. The number of amides is 2. The SMILES string of the molecule is CC(C)CNC(=O)CCNC(=O)C(N)Cc1ccccc1. The van der Waals surface area contributed by atoms with Crippen molar-refractivity contribution in [1.29, 1.82) is 0 Å². The summed E-state index contributed by atoms with van der Waals surface area (Å²) in [6.45, 7) is 5.03. The zero-order valence-corrected chi connectivity index (χ0v) is 12.8. The lowest BCUT2D eigenvalue weighted by Crippen LogP contribution is -2.43. The van der Waals surface area contributed by atoms with Gasteiger partial charge in [-0.3, -0.25) is 9.59 Å². The van der Waals surface area contributed by atoms with Gasteiger partial charge in [-0.25, -0.2) is 0 Å². The molecule has 5 heteroatoms. The predicted octanol–water partition coefficient (Wildman–Crippen LogP) is 0.835. The van der Waals surface area contributed by atoms with E-state index in [-0.39, 0.29) is 18.2 Å². The third kappa shape index (κ3) is 7.46. The zero-order chi connectivity index (χ0) is 15.7. The first kappa shape index (κ1) is 17.2. The van der Waals surface area contributed by atoms with E-state index in [1.165, 1.54) is 0 Å². The van der Waals surface area contributed by atoms with Crippen molar-refractivity contribution in [3.63, 3.8) is 0 Å². The van der Waals surface area contributed by atoms with E-state index in [0.717, 1.165) is 5.56 Å². The molecule has 5 nitrogen and oxygen atoms in total. The monoisotopic (exact) mass is 291 g/mol. The lowest BCUT2D eigenvalue weighted by Gasteiger charge is -2.12. The van der Waals surface area contributed by atoms with Gasteiger partial charge in [0, 0.05) is 19.5 Å². The van der Waals surface area contributed by atoms with E-state index in [1.807, 2.05) is 44.2 Å². The summed E-state index contributed by atoms with van der Waals surface area (Å²) in [6.07, 6.45) is 0.767. The number of rotatable bonds is 8. The van der Waals surface area contributed by atoms with Crippen molar-refractivity contribution in [2.24, 2.45) is 11.7 Å². The Morgan fingerprint density at radius 3 is 2.43 bits per heavy atom. The molecular formula is C16H25N3O2. The summed E-state index contributed by atoms with van der Waals surface area (Å²) in [5.41, 5.74) is 6.87. The summed E-state index contributed by atoms with van der Waals surface area (Å²) in [5, 5.41) is 5.50. The Hall–Kier alpha value is -1.88. The van der Waals surface area contributed by atoms with Crippen LogP contribution in [0, 0.1) is 5.92 Å². The fourth-order valence-electron chi connectivity index (χ4n) is 1.80. The van der Waals surface area contributed by atoms with Gasteiger partial charge in [0.05, 0.1) is 6.04 Å². The number of carbonyl (C=O) groups excluding carboxylic acids is 2. The lowest BCUT2D eigenvalue weighted by atomic mass is 10.1. The van der Waals surface area contributed by atoms with Crippen molar-refractivity contribution in [2.75, 3.05) is 13.1 Å². The first-order valence-corrected chi connectivity index (χ1v) is 7.33. The highest BCUT2D eigenvalue weighted by atomic mass is 16.2. The van der Waals surface area contributed by atoms with Crippen LogP contribution in [0.25, 0.3) is 0 Å². The van der Waals surface area contributed by atoms with Crippen LogP contribution in [-0.2, 0) is 16.0 Å². The first-order valence-electron chi connectivity index (χ1n) is 7.33. The van der Waals surface area contributed by atoms with Gasteiger partial charge in [0.25, 0.3) is 0 Å². The second-order valence-corrected chi connectivity index (χ2v) is 5.54. The highest BCUT2D eigenvalue weighted by Gasteiger charge is 2.13. The van der Waals surface area contributed by atoms with Crippen LogP contribution in [0.15, 0.2) is 30.3 Å². The molecule has 0 aliphatic rings. The molecule has 0 aliphatic heterocycles. The number of carbonyl (C=O) groups is 2. The molecule has 0 aromatic heterocycles. The van der Waals surface area contributed by atoms with E-state index in [1.54, 1.807) is 0 Å². The fourth-order valence-corrected chi connectivity index (χ4v) is 1.80. The molecule has 116 valence electrons. The average molecular weight is 291 g/mol. The molecule has 1 aromatic carbocycles. The van der Waals surface area contributed by atoms with Crippen molar-refractivity contribution in [3.8, 4) is 0 Å². The molecule has 0 fully saturated rings. The molecule has 0 heterocycles. The molecule has 0 aliphatic carbocycles. The molecule has 1 aromatic rings. The Morgan fingerprint density at radius 2 is 1.81 bits per heavy atom. The van der Waals surface area contributed by atoms with Gasteiger partial charge in [0.2, 0.25) is 11.8 Å². The summed E-state index contributed by atoms with van der Waals surface area (Å²) < 4.78 is 0. The quantitative estimate of drug-likeness (QED) is 0.663. The molecule has 1 unspecified atom stereocenters. The van der Waals surface area contributed by atoms with Crippen LogP contribution in [0.2, 0.25) is 0 Å². The maximum absolute atomic E-state index is 11.8. The summed E-state index contributed by atoms with van der Waals surface area (Å²) >= 11 is 0. The van der Waals surface area contributed by atoms with Gasteiger partial charge in [0.1, 0.15) is 0 Å². The topological polar surface area (TPSA) is 84.2 Å². The summed E-state index contributed by atoms with van der Waals surface area (Å²) in [4.78, 5) is 23.3. The molecular weight excluding hydrogens is 266 g/mol. The molecule has 0 radical (unpaired) electrons. The predicted molar refractivity (Wildman–Crippen MR) is 83.6 cm³/mol. The van der Waals surface area contributed by atoms with E-state index in [2.05, 4.69) is 10.6 Å². The van der Waals surface area contributed by atoms with Crippen molar-refractivity contribution in [1.82, 2.24) is 10.6 Å². The normalized spacial score (nSPS) is 12.0. The molecule has 4 N–H and O–H groups in total. The molecule has 1 rings (SSSR count). The highest BCUT2D eigenvalue weighted by molar-refractivity contribution is 5.82. The molecule has 2 amide bonds. The van der Waals surface area contributed by atoms with E-state index in [4.69, 9.17) is 5.73 Å². The standard InChI is InChI=1S/C16H25N3O2/c1-12(2)11-19-15(20)8-9-18-16(21)14(17)10-13-6-4-3-5-7-13/h3-7,12,14H,8-11,17H2,1-2H3,(H,18,21)(H,19,20). The zero-order valence-electron chi connectivity index (χ0n) is 12.8. The summed E-state index contributed by atoms with van der Waals surface area (Å²) in [5.74, 6) is 0.138. The summed E-state index contributed by atoms with van der Waals surface area (Å²) in [6, 6.07) is 9.04.